The van der Waals surface area contributed by atoms with Crippen molar-refractivity contribution in [3.63, 3.8) is 0 Å². The number of nitrogens with zero attached hydrogens (tertiary/aromatic N) is 1. The maximum Gasteiger partial charge on any atom is 0.0648 e. The summed E-state index contributed by atoms with van der Waals surface area (Å²) < 4.78 is 14.0. The van der Waals surface area contributed by atoms with E-state index in [1.54, 1.807) is 0 Å². The molecule has 7 heteroatoms. The van der Waals surface area contributed by atoms with E-state index >= 15 is 0 Å². The molecule has 5 nitrogen and oxygen atoms in total. The van der Waals surface area contributed by atoms with E-state index in [-0.39, 0.29) is 0 Å². The molecular weight excluding hydrogens is 502 g/mol. The number of allylic oxidation sites excluding steroid dienone is 1. The van der Waals surface area contributed by atoms with Crippen LogP contribution in [0, 0.1) is 18.8 Å². The summed E-state index contributed by atoms with van der Waals surface area (Å²) >= 11 is 7.12. The lowest BCUT2D eigenvalue weighted by molar-refractivity contribution is 0.0469. The van der Waals surface area contributed by atoms with Crippen LogP contribution in [0.3, 0.4) is 0 Å². The minimum absolute atomic E-state index is 0.615. The monoisotopic (exact) mass is 541 g/mol. The Kier molecular flexibility index (Phi) is 10.4. The number of nitrogens with two attached hydrogens (primary N) is 1. The Labute approximate surface area is 231 Å². The van der Waals surface area contributed by atoms with E-state index in [0.717, 1.165) is 65.9 Å². The lowest BCUT2D eigenvalue weighted by Gasteiger charge is -2.35. The molecule has 0 saturated carbocycles. The first-order valence-electron chi connectivity index (χ1n) is 13.3. The Balaban J connectivity index is 0.000000301. The standard InChI is InChI=1S/C23H32ClN3O.C7H8OS/c1-16(21-13-22(24)23(25)20-4-2-3-19(20)21)26-14-17-5-9-27(10-6-17)15-18-7-11-28-12-8-18;1-6-2-4-7(9-8)5-3-6/h2,4,13,17-18,26H,1,3,5-12,14-15,25H2;2-5,8H,1H3. The van der Waals surface area contributed by atoms with Crippen molar-refractivity contribution in [3.8, 4) is 0 Å². The molecular formula is C30H40ClN3O2S. The third kappa shape index (κ3) is 7.78. The number of anilines is 1. The highest BCUT2D eigenvalue weighted by atomic mass is 35.5. The second kappa shape index (κ2) is 13.7. The molecule has 0 aromatic heterocycles. The van der Waals surface area contributed by atoms with Gasteiger partial charge >= 0.3 is 0 Å². The fourth-order valence-corrected chi connectivity index (χ4v) is 5.80. The van der Waals surface area contributed by atoms with E-state index in [1.165, 1.54) is 56.4 Å². The molecule has 5 rings (SSSR count). The highest BCUT2D eigenvalue weighted by Crippen LogP contribution is 2.36. The maximum absolute atomic E-state index is 8.55. The van der Waals surface area contributed by atoms with Crippen LogP contribution >= 0.6 is 23.6 Å². The Morgan fingerprint density at radius 3 is 2.54 bits per heavy atom. The molecule has 200 valence electrons. The molecule has 2 aromatic carbocycles. The second-order valence-electron chi connectivity index (χ2n) is 10.4. The van der Waals surface area contributed by atoms with Gasteiger partial charge in [-0.25, -0.2) is 0 Å². The number of halogens is 1. The lowest BCUT2D eigenvalue weighted by Crippen LogP contribution is -2.40. The number of hydrogen-bond donors (Lipinski definition) is 3. The normalized spacial score (nSPS) is 18.2. The Bertz CT molecular complexity index is 1080. The first kappa shape index (κ1) is 28.1. The van der Waals surface area contributed by atoms with Gasteiger partial charge in [-0.05, 0) is 87.7 Å². The number of hydrogen-bond acceptors (Lipinski definition) is 6. The first-order valence-corrected chi connectivity index (χ1v) is 14.5. The van der Waals surface area contributed by atoms with E-state index in [1.807, 2.05) is 37.3 Å². The number of nitrogens with one attached hydrogen (secondary N) is 1. The van der Waals surface area contributed by atoms with Gasteiger partial charge in [0.25, 0.3) is 0 Å². The SMILES string of the molecule is C=C(NCC1CCN(CC2CCOCC2)CC1)c1cc(Cl)c(N)c2c1CC=C2.Cc1ccc(SO)cc1. The van der Waals surface area contributed by atoms with Gasteiger partial charge in [-0.15, -0.1) is 0 Å². The van der Waals surface area contributed by atoms with Crippen molar-refractivity contribution in [3.05, 3.63) is 70.3 Å². The van der Waals surface area contributed by atoms with Gasteiger partial charge < -0.3 is 25.2 Å². The van der Waals surface area contributed by atoms with Crippen LogP contribution in [0.2, 0.25) is 5.02 Å². The maximum atomic E-state index is 8.55. The minimum Gasteiger partial charge on any atom is -0.397 e. The topological polar surface area (TPSA) is 70.8 Å². The molecule has 0 spiro atoms. The smallest absolute Gasteiger partial charge is 0.0648 e. The highest BCUT2D eigenvalue weighted by molar-refractivity contribution is 7.93. The van der Waals surface area contributed by atoms with Gasteiger partial charge in [0, 0.05) is 60.1 Å². The number of likely N-dealkylation sites (tertiary alicyclic amines) is 1. The van der Waals surface area contributed by atoms with Crippen LogP contribution in [0.15, 0.2) is 47.9 Å². The number of ether oxygens (including phenoxy) is 1. The van der Waals surface area contributed by atoms with E-state index in [4.69, 9.17) is 26.6 Å². The molecule has 4 N–H and O–H groups in total. The van der Waals surface area contributed by atoms with Crippen molar-refractivity contribution in [1.29, 1.82) is 0 Å². The fourth-order valence-electron chi connectivity index (χ4n) is 5.33. The lowest BCUT2D eigenvalue weighted by atomic mass is 9.93. The summed E-state index contributed by atoms with van der Waals surface area (Å²) in [4.78, 5) is 3.54. The zero-order valence-corrected chi connectivity index (χ0v) is 23.4. The number of piperidine rings is 1. The Hall–Kier alpha value is -1.96. The van der Waals surface area contributed by atoms with E-state index in [0.29, 0.717) is 16.6 Å². The molecule has 2 aliphatic heterocycles. The third-order valence-corrected chi connectivity index (χ3v) is 8.49. The molecule has 0 radical (unpaired) electrons. The average Bonchev–Trinajstić information content (AvgIpc) is 3.42. The van der Waals surface area contributed by atoms with Gasteiger partial charge in [0.15, 0.2) is 0 Å². The molecule has 37 heavy (non-hydrogen) atoms. The molecule has 1 aliphatic carbocycles. The summed E-state index contributed by atoms with van der Waals surface area (Å²) in [6.07, 6.45) is 10.1. The van der Waals surface area contributed by atoms with Gasteiger partial charge in [0.2, 0.25) is 0 Å². The van der Waals surface area contributed by atoms with Crippen LogP contribution in [-0.2, 0) is 11.2 Å². The Morgan fingerprint density at radius 2 is 1.86 bits per heavy atom. The second-order valence-corrected chi connectivity index (χ2v) is 11.4. The zero-order valence-electron chi connectivity index (χ0n) is 21.8. The van der Waals surface area contributed by atoms with Crippen LogP contribution in [-0.4, -0.2) is 48.8 Å². The quantitative estimate of drug-likeness (QED) is 0.266. The molecule has 0 atom stereocenters. The number of rotatable bonds is 7. The molecule has 3 aliphatic rings. The van der Waals surface area contributed by atoms with E-state index in [2.05, 4.69) is 28.9 Å². The van der Waals surface area contributed by atoms with Crippen molar-refractivity contribution < 1.29 is 9.29 Å². The van der Waals surface area contributed by atoms with Crippen molar-refractivity contribution in [1.82, 2.24) is 10.2 Å². The molecule has 2 aromatic rings. The predicted molar refractivity (Wildman–Crippen MR) is 158 cm³/mol. The average molecular weight is 542 g/mol. The minimum atomic E-state index is 0.615. The van der Waals surface area contributed by atoms with Crippen molar-refractivity contribution in [2.24, 2.45) is 11.8 Å². The summed E-state index contributed by atoms with van der Waals surface area (Å²) in [6.45, 7) is 12.9. The van der Waals surface area contributed by atoms with Gasteiger partial charge in [0.1, 0.15) is 0 Å². The summed E-state index contributed by atoms with van der Waals surface area (Å²) in [5.74, 6) is 1.53. The van der Waals surface area contributed by atoms with Gasteiger partial charge in [-0.3, -0.25) is 0 Å². The molecule has 0 amide bonds. The van der Waals surface area contributed by atoms with Gasteiger partial charge in [-0.2, -0.15) is 0 Å². The summed E-state index contributed by atoms with van der Waals surface area (Å²) in [5.41, 5.74) is 12.4. The highest BCUT2D eigenvalue weighted by Gasteiger charge is 2.24. The summed E-state index contributed by atoms with van der Waals surface area (Å²) in [6, 6.07) is 9.69. The number of benzene rings is 2. The van der Waals surface area contributed by atoms with Gasteiger partial charge in [0.05, 0.1) is 10.7 Å². The summed E-state index contributed by atoms with van der Waals surface area (Å²) in [5, 5.41) is 4.20. The zero-order chi connectivity index (χ0) is 26.2. The van der Waals surface area contributed by atoms with Crippen molar-refractivity contribution in [2.45, 2.75) is 43.9 Å². The number of fused-ring (bicyclic) bond motifs is 1. The molecule has 2 saturated heterocycles. The predicted octanol–water partition coefficient (Wildman–Crippen LogP) is 6.75. The van der Waals surface area contributed by atoms with Crippen LogP contribution in [0.1, 0.15) is 47.9 Å². The van der Waals surface area contributed by atoms with Crippen LogP contribution in [0.5, 0.6) is 0 Å². The van der Waals surface area contributed by atoms with Crippen molar-refractivity contribution in [2.75, 3.05) is 45.1 Å². The molecule has 2 fully saturated rings. The summed E-state index contributed by atoms with van der Waals surface area (Å²) in [7, 11) is 0. The van der Waals surface area contributed by atoms with E-state index in [9.17, 15) is 0 Å². The first-order chi connectivity index (χ1) is 17.9. The van der Waals surface area contributed by atoms with Crippen LogP contribution < -0.4 is 11.1 Å². The number of aryl methyl sites for hydroxylation is 1. The van der Waals surface area contributed by atoms with Gasteiger partial charge in [-0.1, -0.05) is 48.0 Å². The van der Waals surface area contributed by atoms with Crippen molar-refractivity contribution >= 4 is 41.1 Å². The Morgan fingerprint density at radius 1 is 1.16 bits per heavy atom. The van der Waals surface area contributed by atoms with Crippen LogP contribution in [0.4, 0.5) is 5.69 Å². The fraction of sp³-hybridized carbons (Fsp3) is 0.467. The van der Waals surface area contributed by atoms with E-state index < -0.39 is 0 Å². The third-order valence-electron chi connectivity index (χ3n) is 7.70. The molecule has 0 unspecified atom stereocenters. The molecule has 2 heterocycles. The van der Waals surface area contributed by atoms with Crippen LogP contribution in [0.25, 0.3) is 11.8 Å². The molecule has 0 bridgehead atoms. The number of nitrogen functional groups attached to an aromatic ring is 1. The largest absolute Gasteiger partial charge is 0.397 e.